The van der Waals surface area contributed by atoms with Crippen LogP contribution in [0.1, 0.15) is 25.0 Å². The minimum atomic E-state index is -0.0181. The SMILES string of the molecule is CC1(C)c2ccccc2-c2cc(-c3ccc(N(c4ccc(-c5cccc6c5oc5ccccc56)cc4)c4ccc5c6ccccc6n6c7ccccc7c4c56)cc3)ccc21. The first kappa shape index (κ1) is 33.4. The lowest BCUT2D eigenvalue weighted by Crippen LogP contribution is -2.14. The summed E-state index contributed by atoms with van der Waals surface area (Å²) in [5.74, 6) is 0. The molecule has 1 aliphatic carbocycles. The van der Waals surface area contributed by atoms with Gasteiger partial charge in [0.25, 0.3) is 0 Å². The van der Waals surface area contributed by atoms with Crippen molar-refractivity contribution in [2.24, 2.45) is 0 Å². The van der Waals surface area contributed by atoms with E-state index >= 15 is 0 Å². The van der Waals surface area contributed by atoms with Gasteiger partial charge >= 0.3 is 0 Å². The molecule has 3 nitrogen and oxygen atoms in total. The molecule has 0 saturated heterocycles. The van der Waals surface area contributed by atoms with Crippen molar-refractivity contribution in [1.29, 1.82) is 0 Å². The van der Waals surface area contributed by atoms with E-state index in [4.69, 9.17) is 4.42 Å². The van der Waals surface area contributed by atoms with Crippen LogP contribution in [0, 0.1) is 0 Å². The van der Waals surface area contributed by atoms with Gasteiger partial charge in [-0.15, -0.1) is 0 Å². The monoisotopic (exact) mass is 766 g/mol. The summed E-state index contributed by atoms with van der Waals surface area (Å²) in [5.41, 5.74) is 18.9. The Hall–Kier alpha value is -7.62. The number of hydrogen-bond acceptors (Lipinski definition) is 2. The highest BCUT2D eigenvalue weighted by molar-refractivity contribution is 6.27. The number of nitrogens with zero attached hydrogens (tertiary/aromatic N) is 2. The van der Waals surface area contributed by atoms with E-state index in [-0.39, 0.29) is 5.41 Å². The van der Waals surface area contributed by atoms with Gasteiger partial charge in [0, 0.05) is 54.7 Å². The number of fused-ring (bicyclic) bond motifs is 12. The van der Waals surface area contributed by atoms with E-state index in [0.717, 1.165) is 50.1 Å². The summed E-state index contributed by atoms with van der Waals surface area (Å²) in [7, 11) is 0. The summed E-state index contributed by atoms with van der Waals surface area (Å²) in [6.45, 7) is 4.68. The Labute approximate surface area is 347 Å². The first-order valence-electron chi connectivity index (χ1n) is 20.8. The first-order valence-corrected chi connectivity index (χ1v) is 20.8. The minimum absolute atomic E-state index is 0.0181. The predicted molar refractivity (Wildman–Crippen MR) is 251 cm³/mol. The normalized spacial score (nSPS) is 13.3. The van der Waals surface area contributed by atoms with Crippen LogP contribution in [0.25, 0.3) is 93.4 Å². The van der Waals surface area contributed by atoms with Gasteiger partial charge in [-0.2, -0.15) is 0 Å². The van der Waals surface area contributed by atoms with E-state index in [2.05, 4.69) is 205 Å². The molecule has 0 spiro atoms. The van der Waals surface area contributed by atoms with Crippen LogP contribution in [0.4, 0.5) is 17.1 Å². The smallest absolute Gasteiger partial charge is 0.143 e. The van der Waals surface area contributed by atoms with E-state index in [1.807, 2.05) is 12.1 Å². The fourth-order valence-electron chi connectivity index (χ4n) is 10.5. The molecule has 3 heterocycles. The number of benzene rings is 9. The summed E-state index contributed by atoms with van der Waals surface area (Å²) >= 11 is 0. The predicted octanol–water partition coefficient (Wildman–Crippen LogP) is 15.8. The van der Waals surface area contributed by atoms with Crippen LogP contribution in [-0.4, -0.2) is 4.40 Å². The van der Waals surface area contributed by atoms with Crippen LogP contribution in [0.2, 0.25) is 0 Å². The van der Waals surface area contributed by atoms with Crippen molar-refractivity contribution < 1.29 is 4.42 Å². The Kier molecular flexibility index (Phi) is 6.78. The molecule has 0 radical (unpaired) electrons. The van der Waals surface area contributed by atoms with Gasteiger partial charge in [0.05, 0.1) is 22.2 Å². The molecule has 3 heteroatoms. The van der Waals surface area contributed by atoms with Crippen LogP contribution in [0.15, 0.2) is 199 Å². The Morgan fingerprint density at radius 1 is 0.433 bits per heavy atom. The van der Waals surface area contributed by atoms with E-state index in [0.29, 0.717) is 0 Å². The zero-order valence-electron chi connectivity index (χ0n) is 33.3. The van der Waals surface area contributed by atoms with Gasteiger partial charge in [-0.05, 0) is 93.5 Å². The van der Waals surface area contributed by atoms with Gasteiger partial charge < -0.3 is 13.7 Å². The molecule has 0 unspecified atom stereocenters. The van der Waals surface area contributed by atoms with Crippen LogP contribution in [0.3, 0.4) is 0 Å². The van der Waals surface area contributed by atoms with Crippen LogP contribution >= 0.6 is 0 Å². The zero-order valence-corrected chi connectivity index (χ0v) is 33.3. The standard InChI is InChI=1S/C57H38N2O/c1-57(2)48-18-7-3-12-41(48)47-34-37(26-32-49(47)57)35-22-27-38(28-23-35)58(39-29-24-36(25-30-39)40-16-11-17-45-43-14-6-10-21-53(43)60-56(40)45)52-33-31-44-42-13-4-8-19-50(42)59-51-20-9-5-15-46(51)54(52)55(44)59/h3-34H,1-2H3. The van der Waals surface area contributed by atoms with Gasteiger partial charge in [0.1, 0.15) is 11.2 Å². The molecule has 0 fully saturated rings. The molecule has 9 aromatic carbocycles. The maximum atomic E-state index is 6.48. The first-order chi connectivity index (χ1) is 29.5. The third-order valence-electron chi connectivity index (χ3n) is 13.4. The molecule has 12 aromatic rings. The van der Waals surface area contributed by atoms with Crippen molar-refractivity contribution in [2.45, 2.75) is 19.3 Å². The molecule has 0 saturated carbocycles. The van der Waals surface area contributed by atoms with Gasteiger partial charge in [0.2, 0.25) is 0 Å². The van der Waals surface area contributed by atoms with Crippen molar-refractivity contribution in [2.75, 3.05) is 4.90 Å². The molecule has 13 rings (SSSR count). The summed E-state index contributed by atoms with van der Waals surface area (Å²) < 4.78 is 8.94. The van der Waals surface area contributed by atoms with Crippen molar-refractivity contribution >= 4 is 77.1 Å². The van der Waals surface area contributed by atoms with Crippen LogP contribution in [-0.2, 0) is 5.41 Å². The summed E-state index contributed by atoms with van der Waals surface area (Å²) in [4.78, 5) is 2.44. The second kappa shape index (κ2) is 12.2. The average Bonchev–Trinajstić information content (AvgIpc) is 4.02. The van der Waals surface area contributed by atoms with E-state index in [9.17, 15) is 0 Å². The average molecular weight is 767 g/mol. The highest BCUT2D eigenvalue weighted by Gasteiger charge is 2.35. The van der Waals surface area contributed by atoms with Gasteiger partial charge in [-0.25, -0.2) is 0 Å². The lowest BCUT2D eigenvalue weighted by atomic mass is 9.82. The largest absolute Gasteiger partial charge is 0.455 e. The minimum Gasteiger partial charge on any atom is -0.455 e. The second-order valence-corrected chi connectivity index (χ2v) is 16.9. The van der Waals surface area contributed by atoms with Crippen molar-refractivity contribution in [1.82, 2.24) is 4.40 Å². The second-order valence-electron chi connectivity index (χ2n) is 16.9. The Balaban J connectivity index is 0.990. The molecule has 1 aliphatic rings. The zero-order chi connectivity index (χ0) is 39.7. The quantitative estimate of drug-likeness (QED) is 0.174. The van der Waals surface area contributed by atoms with Gasteiger partial charge in [-0.3, -0.25) is 0 Å². The van der Waals surface area contributed by atoms with Crippen LogP contribution in [0.5, 0.6) is 0 Å². The molecule has 3 aromatic heterocycles. The number of rotatable bonds is 5. The van der Waals surface area contributed by atoms with Crippen molar-refractivity contribution in [3.8, 4) is 33.4 Å². The summed E-state index contributed by atoms with van der Waals surface area (Å²) in [6.07, 6.45) is 0. The maximum absolute atomic E-state index is 6.48. The third-order valence-corrected chi connectivity index (χ3v) is 13.4. The Morgan fingerprint density at radius 3 is 1.83 bits per heavy atom. The highest BCUT2D eigenvalue weighted by atomic mass is 16.3. The molecule has 60 heavy (non-hydrogen) atoms. The van der Waals surface area contributed by atoms with Gasteiger partial charge in [-0.1, -0.05) is 153 Å². The lowest BCUT2D eigenvalue weighted by Gasteiger charge is -2.27. The fourth-order valence-corrected chi connectivity index (χ4v) is 10.5. The fraction of sp³-hybridized carbons (Fsp3) is 0.0526. The number of para-hydroxylation sites is 4. The topological polar surface area (TPSA) is 20.8 Å². The molecule has 0 N–H and O–H groups in total. The molecular weight excluding hydrogens is 729 g/mol. The molecular formula is C57H38N2O. The Bertz CT molecular complexity index is 3680. The van der Waals surface area contributed by atoms with E-state index in [1.54, 1.807) is 0 Å². The highest BCUT2D eigenvalue weighted by Crippen LogP contribution is 2.51. The molecule has 0 atom stereocenters. The molecule has 0 amide bonds. The number of furan rings is 1. The van der Waals surface area contributed by atoms with E-state index in [1.165, 1.54) is 71.5 Å². The molecule has 0 aliphatic heterocycles. The number of hydrogen-bond donors (Lipinski definition) is 0. The number of anilines is 3. The van der Waals surface area contributed by atoms with Crippen molar-refractivity contribution in [3.63, 3.8) is 0 Å². The van der Waals surface area contributed by atoms with E-state index < -0.39 is 0 Å². The Morgan fingerprint density at radius 2 is 1.03 bits per heavy atom. The van der Waals surface area contributed by atoms with Crippen LogP contribution < -0.4 is 4.90 Å². The number of aromatic nitrogens is 1. The van der Waals surface area contributed by atoms with Crippen molar-refractivity contribution in [3.05, 3.63) is 205 Å². The maximum Gasteiger partial charge on any atom is 0.143 e. The lowest BCUT2D eigenvalue weighted by molar-refractivity contribution is 0.660. The molecule has 0 bridgehead atoms. The van der Waals surface area contributed by atoms with Gasteiger partial charge in [0.15, 0.2) is 0 Å². The molecule has 282 valence electrons. The summed E-state index contributed by atoms with van der Waals surface area (Å²) in [5, 5.41) is 7.31. The third kappa shape index (κ3) is 4.55. The summed E-state index contributed by atoms with van der Waals surface area (Å²) in [6, 6.07) is 71.1.